The van der Waals surface area contributed by atoms with E-state index < -0.39 is 12.2 Å². The van der Waals surface area contributed by atoms with E-state index in [1.807, 2.05) is 65.2 Å². The molecule has 3 amide bonds. The molecule has 2 heterocycles. The summed E-state index contributed by atoms with van der Waals surface area (Å²) in [5.74, 6) is -0.223. The number of nitrogens with one attached hydrogen (secondary N) is 1. The first-order valence-corrected chi connectivity index (χ1v) is 14.3. The molecule has 10 nitrogen and oxygen atoms in total. The molecule has 1 saturated heterocycles. The number of amides is 3. The average molecular weight is 560 g/mol. The summed E-state index contributed by atoms with van der Waals surface area (Å²) in [4.78, 5) is 46.3. The molecular weight excluding hydrogens is 522 g/mol. The van der Waals surface area contributed by atoms with Gasteiger partial charge in [0.15, 0.2) is 5.69 Å². The van der Waals surface area contributed by atoms with Gasteiger partial charge in [0.1, 0.15) is 0 Å². The minimum atomic E-state index is -0.984. The molecule has 0 bridgehead atoms. The van der Waals surface area contributed by atoms with Gasteiger partial charge in [0.2, 0.25) is 0 Å². The number of nitrogens with zero attached hydrogens (tertiary/aromatic N) is 4. The van der Waals surface area contributed by atoms with E-state index in [-0.39, 0.29) is 43.7 Å². The van der Waals surface area contributed by atoms with Gasteiger partial charge in [0.05, 0.1) is 36.8 Å². The molecule has 0 spiro atoms. The molecule has 2 fully saturated rings. The summed E-state index contributed by atoms with van der Waals surface area (Å²) in [6.07, 6.45) is 4.44. The minimum Gasteiger partial charge on any atom is -0.465 e. The van der Waals surface area contributed by atoms with Crippen LogP contribution in [-0.2, 0) is 11.2 Å². The van der Waals surface area contributed by atoms with Gasteiger partial charge in [-0.15, -0.1) is 0 Å². The molecule has 41 heavy (non-hydrogen) atoms. The molecule has 0 radical (unpaired) electrons. The van der Waals surface area contributed by atoms with Crippen LogP contribution in [0.3, 0.4) is 0 Å². The van der Waals surface area contributed by atoms with Crippen molar-refractivity contribution in [2.75, 3.05) is 26.2 Å². The van der Waals surface area contributed by atoms with Crippen LogP contribution in [0.4, 0.5) is 9.59 Å². The summed E-state index contributed by atoms with van der Waals surface area (Å²) < 4.78 is 7.21. The molecule has 2 aromatic carbocycles. The smallest absolute Gasteiger partial charge is 0.407 e. The lowest BCUT2D eigenvalue weighted by Crippen LogP contribution is -2.57. The summed E-state index contributed by atoms with van der Waals surface area (Å²) in [6, 6.07) is 18.9. The van der Waals surface area contributed by atoms with Crippen molar-refractivity contribution in [3.8, 4) is 11.3 Å². The van der Waals surface area contributed by atoms with Crippen LogP contribution in [0.5, 0.6) is 0 Å². The molecule has 10 heteroatoms. The Hall–Kier alpha value is -4.34. The van der Waals surface area contributed by atoms with Crippen molar-refractivity contribution < 1.29 is 24.2 Å². The Morgan fingerprint density at radius 2 is 1.71 bits per heavy atom. The maximum absolute atomic E-state index is 14.3. The quantitative estimate of drug-likeness (QED) is 0.428. The second-order valence-corrected chi connectivity index (χ2v) is 10.6. The van der Waals surface area contributed by atoms with E-state index in [9.17, 15) is 19.5 Å². The molecule has 1 aliphatic heterocycles. The lowest BCUT2D eigenvalue weighted by molar-refractivity contribution is 0.0447. The highest BCUT2D eigenvalue weighted by Crippen LogP contribution is 2.35. The molecule has 3 atom stereocenters. The van der Waals surface area contributed by atoms with Gasteiger partial charge in [-0.2, -0.15) is 0 Å². The number of carbonyl (C=O) groups is 3. The predicted octanol–water partition coefficient (Wildman–Crippen LogP) is 4.83. The molecular formula is C31H37N5O5. The van der Waals surface area contributed by atoms with Crippen LogP contribution >= 0.6 is 0 Å². The lowest BCUT2D eigenvalue weighted by atomic mass is 9.89. The number of rotatable bonds is 7. The number of aromatic nitrogens is 2. The van der Waals surface area contributed by atoms with E-state index in [1.54, 1.807) is 18.2 Å². The molecule has 0 unspecified atom stereocenters. The summed E-state index contributed by atoms with van der Waals surface area (Å²) in [7, 11) is 0. The molecule has 1 aromatic heterocycles. The fourth-order valence-corrected chi connectivity index (χ4v) is 6.08. The Labute approximate surface area is 239 Å². The van der Waals surface area contributed by atoms with Crippen LogP contribution in [0, 0.1) is 0 Å². The van der Waals surface area contributed by atoms with Gasteiger partial charge in [-0.3, -0.25) is 4.79 Å². The van der Waals surface area contributed by atoms with E-state index in [0.29, 0.717) is 24.4 Å². The Balaban J connectivity index is 1.50. The monoisotopic (exact) mass is 559 g/mol. The zero-order valence-corrected chi connectivity index (χ0v) is 23.3. The topological polar surface area (TPSA) is 117 Å². The third-order valence-electron chi connectivity index (χ3n) is 8.04. The SMILES string of the molecule is CCOC(=O)N[C@@H]1CCCC[C@@H]1n1cnc(C(=O)N2CCN(C(=O)O)C[C@H]2Cc2ccccc2)c1-c1ccccc1. The second kappa shape index (κ2) is 12.9. The van der Waals surface area contributed by atoms with Crippen LogP contribution in [-0.4, -0.2) is 80.9 Å². The number of alkyl carbamates (subject to hydrolysis) is 1. The molecule has 3 aromatic rings. The van der Waals surface area contributed by atoms with E-state index >= 15 is 0 Å². The summed E-state index contributed by atoms with van der Waals surface area (Å²) in [6.45, 7) is 2.82. The summed E-state index contributed by atoms with van der Waals surface area (Å²) in [5.41, 5.74) is 2.93. The van der Waals surface area contributed by atoms with Gasteiger partial charge < -0.3 is 29.5 Å². The Morgan fingerprint density at radius 1 is 1.00 bits per heavy atom. The molecule has 1 aliphatic carbocycles. The first-order valence-electron chi connectivity index (χ1n) is 14.3. The van der Waals surface area contributed by atoms with E-state index in [0.717, 1.165) is 36.8 Å². The number of hydrogen-bond acceptors (Lipinski definition) is 5. The van der Waals surface area contributed by atoms with Gasteiger partial charge in [-0.05, 0) is 31.7 Å². The molecule has 1 saturated carbocycles. The maximum atomic E-state index is 14.3. The van der Waals surface area contributed by atoms with Crippen molar-refractivity contribution in [2.45, 2.75) is 57.2 Å². The normalized spacial score (nSPS) is 20.9. The molecule has 5 rings (SSSR count). The third kappa shape index (κ3) is 6.37. The van der Waals surface area contributed by atoms with Crippen molar-refractivity contribution in [1.29, 1.82) is 0 Å². The van der Waals surface area contributed by atoms with Crippen LogP contribution < -0.4 is 5.32 Å². The van der Waals surface area contributed by atoms with Gasteiger partial charge in [0.25, 0.3) is 5.91 Å². The number of benzene rings is 2. The highest BCUT2D eigenvalue weighted by Gasteiger charge is 2.37. The van der Waals surface area contributed by atoms with E-state index in [1.165, 1.54) is 4.90 Å². The fourth-order valence-electron chi connectivity index (χ4n) is 6.08. The van der Waals surface area contributed by atoms with Gasteiger partial charge in [-0.1, -0.05) is 73.5 Å². The summed E-state index contributed by atoms with van der Waals surface area (Å²) in [5, 5.41) is 12.7. The van der Waals surface area contributed by atoms with Crippen LogP contribution in [0.2, 0.25) is 0 Å². The van der Waals surface area contributed by atoms with Gasteiger partial charge in [-0.25, -0.2) is 14.6 Å². The van der Waals surface area contributed by atoms with Crippen molar-refractivity contribution in [2.24, 2.45) is 0 Å². The van der Waals surface area contributed by atoms with E-state index in [2.05, 4.69) is 10.3 Å². The largest absolute Gasteiger partial charge is 0.465 e. The predicted molar refractivity (Wildman–Crippen MR) is 154 cm³/mol. The van der Waals surface area contributed by atoms with Crippen LogP contribution in [0.15, 0.2) is 67.0 Å². The number of hydrogen-bond donors (Lipinski definition) is 2. The standard InChI is InChI=1S/C31H37N5O5/c1-2-41-30(38)33-25-15-9-10-16-26(25)36-21-32-27(28(36)23-13-7-4-8-14-23)29(37)35-18-17-34(31(39)40)20-24(35)19-22-11-5-3-6-12-22/h3-8,11-14,21,24-26H,2,9-10,15-20H2,1H3,(H,33,38)(H,39,40)/t24-,25-,26+/m1/s1. The highest BCUT2D eigenvalue weighted by atomic mass is 16.5. The third-order valence-corrected chi connectivity index (χ3v) is 8.04. The number of ether oxygens (including phenoxy) is 1. The lowest BCUT2D eigenvalue weighted by Gasteiger charge is -2.40. The summed E-state index contributed by atoms with van der Waals surface area (Å²) >= 11 is 0. The highest BCUT2D eigenvalue weighted by molar-refractivity contribution is 5.98. The fraction of sp³-hybridized carbons (Fsp3) is 0.419. The first kappa shape index (κ1) is 28.2. The number of imidazole rings is 1. The number of carbonyl (C=O) groups excluding carboxylic acids is 2. The number of piperazine rings is 1. The Bertz CT molecular complexity index is 1350. The number of carboxylic acid groups (broad SMARTS) is 1. The zero-order chi connectivity index (χ0) is 28.8. The Morgan fingerprint density at radius 3 is 2.41 bits per heavy atom. The average Bonchev–Trinajstić information content (AvgIpc) is 3.43. The second-order valence-electron chi connectivity index (χ2n) is 10.6. The van der Waals surface area contributed by atoms with Crippen molar-refractivity contribution in [1.82, 2.24) is 24.7 Å². The molecule has 216 valence electrons. The molecule has 2 N–H and O–H groups in total. The molecule has 2 aliphatic rings. The maximum Gasteiger partial charge on any atom is 0.407 e. The minimum absolute atomic E-state index is 0.0959. The Kier molecular flexibility index (Phi) is 8.86. The van der Waals surface area contributed by atoms with Crippen molar-refractivity contribution >= 4 is 18.1 Å². The first-order chi connectivity index (χ1) is 20.0. The van der Waals surface area contributed by atoms with E-state index in [4.69, 9.17) is 4.74 Å². The van der Waals surface area contributed by atoms with Crippen molar-refractivity contribution in [3.63, 3.8) is 0 Å². The van der Waals surface area contributed by atoms with Gasteiger partial charge in [0, 0.05) is 25.2 Å². The van der Waals surface area contributed by atoms with Crippen LogP contribution in [0.1, 0.15) is 54.7 Å². The zero-order valence-electron chi connectivity index (χ0n) is 23.3. The van der Waals surface area contributed by atoms with Crippen molar-refractivity contribution in [3.05, 3.63) is 78.2 Å². The van der Waals surface area contributed by atoms with Gasteiger partial charge >= 0.3 is 12.2 Å². The van der Waals surface area contributed by atoms with Crippen LogP contribution in [0.25, 0.3) is 11.3 Å².